The fourth-order valence-corrected chi connectivity index (χ4v) is 0. The molecule has 0 aromatic rings. The van der Waals surface area contributed by atoms with Gasteiger partial charge in [0.15, 0.2) is 0 Å². The molecule has 4 heavy (non-hydrogen) atoms. The zero-order valence-corrected chi connectivity index (χ0v) is 6.49. The van der Waals surface area contributed by atoms with Gasteiger partial charge in [0.25, 0.3) is 0 Å². The van der Waals surface area contributed by atoms with E-state index in [4.69, 9.17) is 0 Å². The minimum Gasteiger partial charge on any atom is 0 e. The average Bonchev–Trinajstić information content (AvgIpc) is 0.918. The Labute approximate surface area is 51.6 Å². The maximum Gasteiger partial charge on any atom is 0 e. The number of rotatable bonds is 0. The Bertz CT molecular complexity index is 8.00. The molecule has 0 bridgehead atoms. The number of hydrogen-bond donors (Lipinski definition) is 1. The molecule has 0 aliphatic carbocycles. The van der Waals surface area contributed by atoms with Crippen molar-refractivity contribution in [3.05, 3.63) is 0 Å². The summed E-state index contributed by atoms with van der Waals surface area (Å²) in [6.07, 6.45) is 0. The van der Waals surface area contributed by atoms with Crippen LogP contribution in [0, 0.1) is 0 Å². The van der Waals surface area contributed by atoms with Crippen molar-refractivity contribution < 1.29 is 38.6 Å². The molecule has 0 heterocycles. The molecule has 0 saturated heterocycles. The Hall–Kier alpha value is 1.66. The van der Waals surface area contributed by atoms with Crippen molar-refractivity contribution in [3.8, 4) is 0 Å². The fraction of sp³-hybridized carbons (Fsp3) is 0. The quantitative estimate of drug-likeness (QED) is 0.417. The molecular weight excluding hydrogens is 192 g/mol. The summed E-state index contributed by atoms with van der Waals surface area (Å²) in [5.74, 6) is 0. The van der Waals surface area contributed by atoms with Gasteiger partial charge in [0.2, 0.25) is 0 Å². The second kappa shape index (κ2) is 8.82. The van der Waals surface area contributed by atoms with Crippen molar-refractivity contribution in [1.82, 2.24) is 3.65 Å². The van der Waals surface area contributed by atoms with Crippen molar-refractivity contribution in [2.45, 2.75) is 0 Å². The molecule has 1 unspecified atom stereocenters. The maximum absolute atomic E-state index is 2.68. The van der Waals surface area contributed by atoms with Crippen LogP contribution in [0.3, 0.4) is 0 Å². The molecule has 1 nitrogen and oxygen atoms in total. The molecule has 0 fully saturated rings. The average molecular weight is 195 g/mol. The number of nitrogens with one attached hydrogen (secondary N) is 1. The topological polar surface area (TPSA) is 12.0 Å². The van der Waals surface area contributed by atoms with Gasteiger partial charge in [-0.2, -0.15) is 0 Å². The van der Waals surface area contributed by atoms with Gasteiger partial charge in [-0.1, -0.05) is 0 Å². The van der Waals surface area contributed by atoms with E-state index in [0.717, 1.165) is 0 Å². The van der Waals surface area contributed by atoms with Crippen molar-refractivity contribution in [1.29, 1.82) is 0 Å². The number of hydrogen-bond acceptors (Lipinski definition) is 1. The molecule has 1 radical (unpaired) electrons. The molecule has 0 aliphatic heterocycles. The summed E-state index contributed by atoms with van der Waals surface area (Å²) < 4.78 is 2.68. The first-order chi connectivity index (χ1) is 1.41. The van der Waals surface area contributed by atoms with Crippen LogP contribution in [0.4, 0.5) is 0 Å². The normalized spacial score (nSPS) is 4.25. The summed E-state index contributed by atoms with van der Waals surface area (Å²) >= 11 is 1.78. The first-order valence-electron chi connectivity index (χ1n) is 0.493. The molecule has 0 spiro atoms. The first-order valence-corrected chi connectivity index (χ1v) is 2.07. The summed E-state index contributed by atoms with van der Waals surface area (Å²) in [6, 6.07) is 0. The molecule has 0 aromatic carbocycles. The molecule has 4 heteroatoms. The third kappa shape index (κ3) is 9.39. The van der Waals surface area contributed by atoms with Crippen LogP contribution >= 0.6 is 9.39 Å². The molecule has 1 N–H and O–H groups in total. The Kier molecular flexibility index (Phi) is 20.2. The van der Waals surface area contributed by atoms with Gasteiger partial charge < -0.3 is 0 Å². The SMILES string of the molecule is P[NH][Mo].[V]. The molecule has 0 aliphatic rings. The van der Waals surface area contributed by atoms with Crippen LogP contribution in [0.2, 0.25) is 0 Å². The smallest absolute Gasteiger partial charge is 0 e. The zero-order valence-electron chi connectivity index (χ0n) is 1.93. The van der Waals surface area contributed by atoms with E-state index in [1.165, 1.54) is 0 Å². The minimum absolute atomic E-state index is 0. The van der Waals surface area contributed by atoms with Crippen LogP contribution in [0.1, 0.15) is 0 Å². The third-order valence-electron chi connectivity index (χ3n) is 0. The molecule has 0 rings (SSSR count). The predicted molar refractivity (Wildman–Crippen MR) is 12.8 cm³/mol. The van der Waals surface area contributed by atoms with Gasteiger partial charge in [-0.05, 0) is 0 Å². The van der Waals surface area contributed by atoms with E-state index >= 15 is 0 Å². The molecule has 24 valence electrons. The van der Waals surface area contributed by atoms with Crippen LogP contribution in [-0.2, 0) is 38.6 Å². The van der Waals surface area contributed by atoms with Gasteiger partial charge in [0.05, 0.1) is 0 Å². The zero-order chi connectivity index (χ0) is 2.71. The van der Waals surface area contributed by atoms with Crippen molar-refractivity contribution >= 4 is 9.39 Å². The Morgan fingerprint density at radius 1 is 1.75 bits per heavy atom. The largest absolute Gasteiger partial charge is 0 e. The van der Waals surface area contributed by atoms with Gasteiger partial charge in [-0.25, -0.2) is 0 Å². The van der Waals surface area contributed by atoms with Gasteiger partial charge in [-0.15, -0.1) is 0 Å². The maximum atomic E-state index is 2.68. The van der Waals surface area contributed by atoms with E-state index in [0.29, 0.717) is 0 Å². The van der Waals surface area contributed by atoms with E-state index < -0.39 is 0 Å². The van der Waals surface area contributed by atoms with Gasteiger partial charge in [0.1, 0.15) is 0 Å². The third-order valence-corrected chi connectivity index (χ3v) is 0. The summed E-state index contributed by atoms with van der Waals surface area (Å²) in [4.78, 5) is 0. The summed E-state index contributed by atoms with van der Waals surface area (Å²) in [7, 11) is 2.33. The fourth-order valence-electron chi connectivity index (χ4n) is 0. The second-order valence-corrected chi connectivity index (χ2v) is 2.09. The van der Waals surface area contributed by atoms with Crippen LogP contribution in [0.5, 0.6) is 0 Å². The molecule has 0 amide bonds. The summed E-state index contributed by atoms with van der Waals surface area (Å²) in [5.41, 5.74) is 0. The van der Waals surface area contributed by atoms with Gasteiger partial charge in [0, 0.05) is 18.6 Å². The van der Waals surface area contributed by atoms with E-state index in [9.17, 15) is 0 Å². The monoisotopic (exact) mass is 197 g/mol. The summed E-state index contributed by atoms with van der Waals surface area (Å²) in [6.45, 7) is 0. The van der Waals surface area contributed by atoms with E-state index in [1.807, 2.05) is 0 Å². The van der Waals surface area contributed by atoms with Gasteiger partial charge >= 0.3 is 33.1 Å². The standard InChI is InChI=1S/Mo.H3NP.V/c;1-2;/h;1H,2H2;/q+1;-1;. The van der Waals surface area contributed by atoms with Crippen molar-refractivity contribution in [3.63, 3.8) is 0 Å². The summed E-state index contributed by atoms with van der Waals surface area (Å²) in [5, 5.41) is 0. The van der Waals surface area contributed by atoms with Crippen LogP contribution in [-0.4, -0.2) is 0 Å². The van der Waals surface area contributed by atoms with E-state index in [-0.39, 0.29) is 18.6 Å². The van der Waals surface area contributed by atoms with Crippen molar-refractivity contribution in [2.24, 2.45) is 0 Å². The van der Waals surface area contributed by atoms with E-state index in [1.54, 1.807) is 20.1 Å². The van der Waals surface area contributed by atoms with Crippen LogP contribution in [0.25, 0.3) is 0 Å². The second-order valence-electron chi connectivity index (χ2n) is 0.118. The van der Waals surface area contributed by atoms with Crippen LogP contribution in [0.15, 0.2) is 0 Å². The van der Waals surface area contributed by atoms with Crippen molar-refractivity contribution in [2.75, 3.05) is 0 Å². The molecule has 1 atom stereocenters. The van der Waals surface area contributed by atoms with E-state index in [2.05, 4.69) is 13.0 Å². The van der Waals surface area contributed by atoms with Crippen LogP contribution < -0.4 is 3.65 Å². The molecular formula is H3MoNPV. The Balaban J connectivity index is 0. The minimum atomic E-state index is 0. The first kappa shape index (κ1) is 9.18. The Morgan fingerprint density at radius 2 is 1.75 bits per heavy atom. The molecule has 0 aromatic heterocycles. The Morgan fingerprint density at radius 3 is 1.75 bits per heavy atom. The molecule has 0 saturated carbocycles. The predicted octanol–water partition coefficient (Wildman–Crippen LogP) is -0.175. The van der Waals surface area contributed by atoms with Gasteiger partial charge in [-0.3, -0.25) is 0 Å².